The number of anilines is 2. The van der Waals surface area contributed by atoms with Gasteiger partial charge in [0.2, 0.25) is 0 Å². The summed E-state index contributed by atoms with van der Waals surface area (Å²) in [5.41, 5.74) is 25.6. The molecular weight excluding hydrogens is 653 g/mol. The number of aryl methyl sites for hydroxylation is 2. The van der Waals surface area contributed by atoms with Gasteiger partial charge in [0.15, 0.2) is 0 Å². The van der Waals surface area contributed by atoms with E-state index in [1.54, 1.807) is 0 Å². The fraction of sp³-hybridized carbons (Fsp3) is 0.538. The molecular formula is C52H74N2. The third-order valence-corrected chi connectivity index (χ3v) is 13.2. The van der Waals surface area contributed by atoms with Crippen molar-refractivity contribution in [3.8, 4) is 0 Å². The number of benzene rings is 4. The Labute approximate surface area is 330 Å². The van der Waals surface area contributed by atoms with Crippen molar-refractivity contribution in [3.63, 3.8) is 0 Å². The van der Waals surface area contributed by atoms with Crippen molar-refractivity contribution in [1.29, 1.82) is 0 Å². The van der Waals surface area contributed by atoms with Gasteiger partial charge >= 0.3 is 0 Å². The van der Waals surface area contributed by atoms with E-state index in [-0.39, 0.29) is 5.41 Å². The third-order valence-electron chi connectivity index (χ3n) is 13.2. The number of hydrogen-bond donors (Lipinski definition) is 2. The van der Waals surface area contributed by atoms with Crippen molar-refractivity contribution in [1.82, 2.24) is 0 Å². The second-order valence-corrected chi connectivity index (χ2v) is 17.2. The fourth-order valence-electron chi connectivity index (χ4n) is 9.87. The van der Waals surface area contributed by atoms with Gasteiger partial charge in [0.05, 0.1) is 0 Å². The molecule has 1 aliphatic rings. The Balaban J connectivity index is 1.47. The van der Waals surface area contributed by atoms with Gasteiger partial charge in [-0.1, -0.05) is 165 Å². The van der Waals surface area contributed by atoms with E-state index in [9.17, 15) is 0 Å². The Morgan fingerprint density at radius 2 is 0.926 bits per heavy atom. The summed E-state index contributed by atoms with van der Waals surface area (Å²) >= 11 is 0. The van der Waals surface area contributed by atoms with Crippen LogP contribution in [-0.4, -0.2) is 0 Å². The number of hydrogen-bond acceptors (Lipinski definition) is 2. The molecule has 2 atom stereocenters. The molecule has 4 N–H and O–H groups in total. The zero-order valence-electron chi connectivity index (χ0n) is 34.9. The Bertz CT molecular complexity index is 1560. The van der Waals surface area contributed by atoms with Crippen LogP contribution in [0, 0.1) is 19.8 Å². The van der Waals surface area contributed by atoms with Gasteiger partial charge in [-0.05, 0) is 127 Å². The normalized spacial score (nSPS) is 18.4. The van der Waals surface area contributed by atoms with Crippen molar-refractivity contribution < 1.29 is 0 Å². The molecule has 1 aliphatic carbocycles. The van der Waals surface area contributed by atoms with Crippen LogP contribution in [0.25, 0.3) is 0 Å². The van der Waals surface area contributed by atoms with Crippen LogP contribution in [0.15, 0.2) is 84.9 Å². The van der Waals surface area contributed by atoms with Crippen LogP contribution in [0.1, 0.15) is 199 Å². The van der Waals surface area contributed by atoms with Crippen LogP contribution in [-0.2, 0) is 5.41 Å². The SMILES string of the molecule is CCCCCCC1CCC(c2ccc(C(CCCCCC)c3ccc(N)cc3C)cc2)(c2ccc(C(CCCCCC)c3ccc(N)cc3C)cc2)CC1. The molecule has 0 aromatic heterocycles. The van der Waals surface area contributed by atoms with Crippen molar-refractivity contribution in [2.45, 2.75) is 174 Å². The maximum Gasteiger partial charge on any atom is 0.0316 e. The molecule has 292 valence electrons. The molecule has 0 aliphatic heterocycles. The molecule has 2 heteroatoms. The fourth-order valence-corrected chi connectivity index (χ4v) is 9.87. The van der Waals surface area contributed by atoms with Crippen LogP contribution in [0.4, 0.5) is 11.4 Å². The van der Waals surface area contributed by atoms with Gasteiger partial charge < -0.3 is 11.5 Å². The molecule has 1 fully saturated rings. The highest BCUT2D eigenvalue weighted by molar-refractivity contribution is 5.51. The lowest BCUT2D eigenvalue weighted by Crippen LogP contribution is -2.33. The quantitative estimate of drug-likeness (QED) is 0.0663. The van der Waals surface area contributed by atoms with Crippen molar-refractivity contribution in [2.24, 2.45) is 5.92 Å². The minimum absolute atomic E-state index is 0.0540. The summed E-state index contributed by atoms with van der Waals surface area (Å²) in [6.07, 6.45) is 24.6. The Morgan fingerprint density at radius 1 is 0.519 bits per heavy atom. The molecule has 0 amide bonds. The molecule has 0 bridgehead atoms. The predicted octanol–water partition coefficient (Wildman–Crippen LogP) is 15.1. The topological polar surface area (TPSA) is 52.0 Å². The largest absolute Gasteiger partial charge is 0.399 e. The van der Waals surface area contributed by atoms with Crippen LogP contribution in [0.2, 0.25) is 0 Å². The molecule has 4 aromatic rings. The van der Waals surface area contributed by atoms with Crippen LogP contribution >= 0.6 is 0 Å². The number of unbranched alkanes of at least 4 members (excludes halogenated alkanes) is 9. The first-order valence-electron chi connectivity index (χ1n) is 22.2. The van der Waals surface area contributed by atoms with Gasteiger partial charge in [0.25, 0.3) is 0 Å². The first kappa shape index (κ1) is 41.6. The highest BCUT2D eigenvalue weighted by atomic mass is 14.5. The monoisotopic (exact) mass is 727 g/mol. The highest BCUT2D eigenvalue weighted by Crippen LogP contribution is 2.48. The highest BCUT2D eigenvalue weighted by Gasteiger charge is 2.38. The minimum atomic E-state index is 0.0540. The lowest BCUT2D eigenvalue weighted by atomic mass is 9.62. The van der Waals surface area contributed by atoms with Crippen molar-refractivity contribution in [3.05, 3.63) is 129 Å². The molecule has 0 spiro atoms. The van der Waals surface area contributed by atoms with Crippen LogP contribution in [0.3, 0.4) is 0 Å². The lowest BCUT2D eigenvalue weighted by molar-refractivity contribution is 0.250. The summed E-state index contributed by atoms with van der Waals surface area (Å²) in [6.45, 7) is 11.4. The lowest BCUT2D eigenvalue weighted by Gasteiger charge is -2.42. The predicted molar refractivity (Wildman–Crippen MR) is 237 cm³/mol. The third kappa shape index (κ3) is 10.8. The standard InChI is InChI=1S/C52H74N2/c1-6-9-12-15-18-41-33-35-52(36-34-41,44-25-21-42(22-26-44)50(19-16-13-10-7-2)48-31-29-46(53)37-39(48)4)45-27-23-43(24-28-45)51(20-17-14-11-8-3)49-32-30-47(54)38-40(49)5/h21-32,37-38,41,50-51H,6-20,33-36,53-54H2,1-5H3. The van der Waals surface area contributed by atoms with Crippen LogP contribution in [0.5, 0.6) is 0 Å². The first-order valence-corrected chi connectivity index (χ1v) is 22.2. The van der Waals surface area contributed by atoms with E-state index in [0.29, 0.717) is 11.8 Å². The molecule has 2 unspecified atom stereocenters. The number of nitrogen functional groups attached to an aromatic ring is 2. The van der Waals surface area contributed by atoms with Gasteiger partial charge in [-0.3, -0.25) is 0 Å². The van der Waals surface area contributed by atoms with E-state index in [1.165, 1.54) is 167 Å². The number of rotatable bonds is 21. The zero-order chi connectivity index (χ0) is 38.3. The Hall–Kier alpha value is -3.52. The molecule has 1 saturated carbocycles. The van der Waals surface area contributed by atoms with E-state index in [1.807, 2.05) is 0 Å². The van der Waals surface area contributed by atoms with Gasteiger partial charge in [0, 0.05) is 28.6 Å². The molecule has 2 nitrogen and oxygen atoms in total. The molecule has 5 rings (SSSR count). The van der Waals surface area contributed by atoms with E-state index in [2.05, 4.69) is 120 Å². The average molecular weight is 727 g/mol. The smallest absolute Gasteiger partial charge is 0.0316 e. The first-order chi connectivity index (χ1) is 26.3. The maximum absolute atomic E-state index is 6.22. The van der Waals surface area contributed by atoms with Gasteiger partial charge in [-0.2, -0.15) is 0 Å². The van der Waals surface area contributed by atoms with Crippen LogP contribution < -0.4 is 11.5 Å². The van der Waals surface area contributed by atoms with Gasteiger partial charge in [-0.25, -0.2) is 0 Å². The Kier molecular flexibility index (Phi) is 16.2. The second kappa shape index (κ2) is 21.0. The summed E-state index contributed by atoms with van der Waals surface area (Å²) in [5, 5.41) is 0. The summed E-state index contributed by atoms with van der Waals surface area (Å²) < 4.78 is 0. The summed E-state index contributed by atoms with van der Waals surface area (Å²) in [4.78, 5) is 0. The molecule has 0 heterocycles. The molecule has 4 aromatic carbocycles. The average Bonchev–Trinajstić information content (AvgIpc) is 3.18. The zero-order valence-corrected chi connectivity index (χ0v) is 34.9. The van der Waals surface area contributed by atoms with Crippen molar-refractivity contribution in [2.75, 3.05) is 11.5 Å². The minimum Gasteiger partial charge on any atom is -0.399 e. The van der Waals surface area contributed by atoms with Gasteiger partial charge in [0.1, 0.15) is 0 Å². The van der Waals surface area contributed by atoms with Gasteiger partial charge in [-0.15, -0.1) is 0 Å². The summed E-state index contributed by atoms with van der Waals surface area (Å²) in [7, 11) is 0. The second-order valence-electron chi connectivity index (χ2n) is 17.2. The van der Waals surface area contributed by atoms with E-state index in [4.69, 9.17) is 11.5 Å². The van der Waals surface area contributed by atoms with E-state index in [0.717, 1.165) is 17.3 Å². The maximum atomic E-state index is 6.22. The van der Waals surface area contributed by atoms with E-state index >= 15 is 0 Å². The van der Waals surface area contributed by atoms with E-state index < -0.39 is 0 Å². The van der Waals surface area contributed by atoms with Crippen molar-refractivity contribution >= 4 is 11.4 Å². The number of nitrogens with two attached hydrogens (primary N) is 2. The summed E-state index contributed by atoms with van der Waals surface area (Å²) in [6, 6.07) is 33.1. The molecule has 0 radical (unpaired) electrons. The summed E-state index contributed by atoms with van der Waals surface area (Å²) in [5.74, 6) is 1.66. The molecule has 0 saturated heterocycles. The molecule has 54 heavy (non-hydrogen) atoms. The Morgan fingerprint density at radius 3 is 1.31 bits per heavy atom.